The third kappa shape index (κ3) is 2.81. The lowest BCUT2D eigenvalue weighted by Gasteiger charge is -2.34. The molecule has 2 heteroatoms. The standard InChI is InChI=1S/C15H23NO/c1-11-4-5-14(10-12(11)2)16(3)13-6-8-15(17)9-7-13/h4-5,10,13,15,17H,6-9H2,1-3H3. The van der Waals surface area contributed by atoms with Crippen molar-refractivity contribution in [3.63, 3.8) is 0 Å². The molecule has 1 aromatic carbocycles. The Kier molecular flexibility index (Phi) is 3.72. The fourth-order valence-electron chi connectivity index (χ4n) is 2.60. The Hall–Kier alpha value is -1.02. The van der Waals surface area contributed by atoms with Crippen LogP contribution in [0.3, 0.4) is 0 Å². The molecule has 1 aliphatic carbocycles. The largest absolute Gasteiger partial charge is 0.393 e. The molecule has 0 unspecified atom stereocenters. The molecule has 2 nitrogen and oxygen atoms in total. The van der Waals surface area contributed by atoms with Gasteiger partial charge in [0.2, 0.25) is 0 Å². The maximum Gasteiger partial charge on any atom is 0.0541 e. The number of benzene rings is 1. The van der Waals surface area contributed by atoms with E-state index in [0.717, 1.165) is 25.7 Å². The highest BCUT2D eigenvalue weighted by atomic mass is 16.3. The van der Waals surface area contributed by atoms with Crippen LogP contribution in [0.5, 0.6) is 0 Å². The van der Waals surface area contributed by atoms with Crippen LogP contribution in [-0.2, 0) is 0 Å². The molecule has 1 fully saturated rings. The second-order valence-corrected chi connectivity index (χ2v) is 5.34. The van der Waals surface area contributed by atoms with Gasteiger partial charge in [0.1, 0.15) is 0 Å². The van der Waals surface area contributed by atoms with E-state index in [0.29, 0.717) is 6.04 Å². The molecule has 94 valence electrons. The first-order valence-corrected chi connectivity index (χ1v) is 6.56. The van der Waals surface area contributed by atoms with E-state index in [9.17, 15) is 5.11 Å². The van der Waals surface area contributed by atoms with Gasteiger partial charge in [-0.3, -0.25) is 0 Å². The van der Waals surface area contributed by atoms with Gasteiger partial charge in [0.05, 0.1) is 6.10 Å². The van der Waals surface area contributed by atoms with E-state index >= 15 is 0 Å². The Labute approximate surface area is 104 Å². The van der Waals surface area contributed by atoms with Crippen molar-refractivity contribution in [2.45, 2.75) is 51.7 Å². The van der Waals surface area contributed by atoms with Crippen LogP contribution in [-0.4, -0.2) is 24.3 Å². The summed E-state index contributed by atoms with van der Waals surface area (Å²) in [4.78, 5) is 2.37. The predicted octanol–water partition coefficient (Wildman–Crippen LogP) is 3.04. The number of anilines is 1. The van der Waals surface area contributed by atoms with Crippen LogP contribution in [0.2, 0.25) is 0 Å². The monoisotopic (exact) mass is 233 g/mol. The first-order chi connectivity index (χ1) is 8.08. The van der Waals surface area contributed by atoms with Crippen LogP contribution in [0.1, 0.15) is 36.8 Å². The summed E-state index contributed by atoms with van der Waals surface area (Å²) in [5.74, 6) is 0. The van der Waals surface area contributed by atoms with Gasteiger partial charge in [-0.1, -0.05) is 6.07 Å². The highest BCUT2D eigenvalue weighted by Crippen LogP contribution is 2.27. The lowest BCUT2D eigenvalue weighted by Crippen LogP contribution is -2.36. The molecule has 0 radical (unpaired) electrons. The number of aryl methyl sites for hydroxylation is 2. The van der Waals surface area contributed by atoms with Crippen LogP contribution in [0.15, 0.2) is 18.2 Å². The molecule has 1 aliphatic rings. The molecule has 17 heavy (non-hydrogen) atoms. The number of hydrogen-bond donors (Lipinski definition) is 1. The summed E-state index contributed by atoms with van der Waals surface area (Å²) in [6.07, 6.45) is 4.02. The second-order valence-electron chi connectivity index (χ2n) is 5.34. The van der Waals surface area contributed by atoms with Gasteiger partial charge in [-0.25, -0.2) is 0 Å². The van der Waals surface area contributed by atoms with Crippen molar-refractivity contribution >= 4 is 5.69 Å². The fraction of sp³-hybridized carbons (Fsp3) is 0.600. The fourth-order valence-corrected chi connectivity index (χ4v) is 2.60. The molecule has 1 saturated carbocycles. The Morgan fingerprint density at radius 2 is 1.71 bits per heavy atom. The van der Waals surface area contributed by atoms with E-state index in [1.807, 2.05) is 0 Å². The lowest BCUT2D eigenvalue weighted by atomic mass is 9.92. The zero-order valence-corrected chi connectivity index (χ0v) is 11.1. The quantitative estimate of drug-likeness (QED) is 0.848. The number of hydrogen-bond acceptors (Lipinski definition) is 2. The van der Waals surface area contributed by atoms with Crippen LogP contribution in [0, 0.1) is 13.8 Å². The Bertz CT molecular complexity index is 381. The van der Waals surface area contributed by atoms with Crippen molar-refractivity contribution in [2.24, 2.45) is 0 Å². The van der Waals surface area contributed by atoms with Crippen molar-refractivity contribution < 1.29 is 5.11 Å². The van der Waals surface area contributed by atoms with Gasteiger partial charge >= 0.3 is 0 Å². The number of rotatable bonds is 2. The van der Waals surface area contributed by atoms with Crippen molar-refractivity contribution in [3.05, 3.63) is 29.3 Å². The summed E-state index contributed by atoms with van der Waals surface area (Å²) in [7, 11) is 2.17. The summed E-state index contributed by atoms with van der Waals surface area (Å²) in [5, 5.41) is 9.54. The summed E-state index contributed by atoms with van der Waals surface area (Å²) in [6, 6.07) is 7.24. The predicted molar refractivity (Wildman–Crippen MR) is 72.6 cm³/mol. The summed E-state index contributed by atoms with van der Waals surface area (Å²) >= 11 is 0. The SMILES string of the molecule is Cc1ccc(N(C)C2CCC(O)CC2)cc1C. The molecule has 0 atom stereocenters. The Balaban J connectivity index is 2.08. The van der Waals surface area contributed by atoms with Crippen molar-refractivity contribution in [1.82, 2.24) is 0 Å². The zero-order valence-electron chi connectivity index (χ0n) is 11.1. The first-order valence-electron chi connectivity index (χ1n) is 6.56. The van der Waals surface area contributed by atoms with Crippen molar-refractivity contribution in [1.29, 1.82) is 0 Å². The minimum Gasteiger partial charge on any atom is -0.393 e. The van der Waals surface area contributed by atoms with E-state index in [1.54, 1.807) is 0 Å². The van der Waals surface area contributed by atoms with Gasteiger partial charge < -0.3 is 10.0 Å². The Morgan fingerprint density at radius 3 is 2.29 bits per heavy atom. The molecule has 0 amide bonds. The first kappa shape index (κ1) is 12.4. The van der Waals surface area contributed by atoms with Gasteiger partial charge in [0.25, 0.3) is 0 Å². The van der Waals surface area contributed by atoms with Crippen LogP contribution in [0.25, 0.3) is 0 Å². The molecule has 0 aromatic heterocycles. The molecule has 0 heterocycles. The number of aliphatic hydroxyl groups excluding tert-OH is 1. The van der Waals surface area contributed by atoms with Gasteiger partial charge in [-0.2, -0.15) is 0 Å². The molecular weight excluding hydrogens is 210 g/mol. The third-order valence-corrected chi connectivity index (χ3v) is 4.11. The van der Waals surface area contributed by atoms with E-state index < -0.39 is 0 Å². The molecule has 0 saturated heterocycles. The summed E-state index contributed by atoms with van der Waals surface area (Å²) < 4.78 is 0. The highest BCUT2D eigenvalue weighted by Gasteiger charge is 2.22. The number of aliphatic hydroxyl groups is 1. The molecule has 0 spiro atoms. The van der Waals surface area contributed by atoms with Crippen LogP contribution < -0.4 is 4.90 Å². The van der Waals surface area contributed by atoms with E-state index in [4.69, 9.17) is 0 Å². The average Bonchev–Trinajstić information content (AvgIpc) is 2.33. The normalized spacial score (nSPS) is 24.7. The van der Waals surface area contributed by atoms with Crippen molar-refractivity contribution in [3.8, 4) is 0 Å². The smallest absolute Gasteiger partial charge is 0.0541 e. The van der Waals surface area contributed by atoms with Crippen LogP contribution in [0.4, 0.5) is 5.69 Å². The summed E-state index contributed by atoms with van der Waals surface area (Å²) in [5.41, 5.74) is 4.00. The molecular formula is C15H23NO. The van der Waals surface area contributed by atoms with E-state index in [2.05, 4.69) is 44.0 Å². The highest BCUT2D eigenvalue weighted by molar-refractivity contribution is 5.50. The lowest BCUT2D eigenvalue weighted by molar-refractivity contribution is 0.122. The van der Waals surface area contributed by atoms with E-state index in [1.165, 1.54) is 16.8 Å². The molecule has 2 rings (SSSR count). The number of nitrogens with zero attached hydrogens (tertiary/aromatic N) is 1. The van der Waals surface area contributed by atoms with Gasteiger partial charge in [-0.05, 0) is 62.8 Å². The molecule has 1 aromatic rings. The molecule has 1 N–H and O–H groups in total. The average molecular weight is 233 g/mol. The maximum absolute atomic E-state index is 9.54. The maximum atomic E-state index is 9.54. The summed E-state index contributed by atoms with van der Waals surface area (Å²) in [6.45, 7) is 4.31. The van der Waals surface area contributed by atoms with Crippen molar-refractivity contribution in [2.75, 3.05) is 11.9 Å². The zero-order chi connectivity index (χ0) is 12.4. The van der Waals surface area contributed by atoms with Gasteiger partial charge in [0, 0.05) is 18.8 Å². The van der Waals surface area contributed by atoms with Crippen LogP contribution >= 0.6 is 0 Å². The van der Waals surface area contributed by atoms with E-state index in [-0.39, 0.29) is 6.10 Å². The molecule has 0 bridgehead atoms. The molecule has 0 aliphatic heterocycles. The van der Waals surface area contributed by atoms with Gasteiger partial charge in [-0.15, -0.1) is 0 Å². The topological polar surface area (TPSA) is 23.5 Å². The third-order valence-electron chi connectivity index (χ3n) is 4.11. The van der Waals surface area contributed by atoms with Gasteiger partial charge in [0.15, 0.2) is 0 Å². The Morgan fingerprint density at radius 1 is 1.06 bits per heavy atom. The minimum atomic E-state index is -0.0700. The minimum absolute atomic E-state index is 0.0700. The second kappa shape index (κ2) is 5.09.